The monoisotopic (exact) mass is 222 g/mol. The van der Waals surface area contributed by atoms with Crippen molar-refractivity contribution in [2.24, 2.45) is 0 Å². The zero-order valence-electron chi connectivity index (χ0n) is 9.39. The van der Waals surface area contributed by atoms with Gasteiger partial charge in [-0.05, 0) is 30.4 Å². The van der Waals surface area contributed by atoms with Crippen molar-refractivity contribution in [3.8, 4) is 0 Å². The number of anilines is 1. The molecule has 2 heterocycles. The second kappa shape index (κ2) is 5.82. The number of aromatic nitrogens is 1. The highest BCUT2D eigenvalue weighted by Gasteiger charge is 2.25. The third-order valence-electron chi connectivity index (χ3n) is 2.63. The van der Waals surface area contributed by atoms with Gasteiger partial charge in [0.05, 0.1) is 26.4 Å². The minimum absolute atomic E-state index is 0.713. The summed E-state index contributed by atoms with van der Waals surface area (Å²) in [7, 11) is 0. The predicted octanol–water partition coefficient (Wildman–Crippen LogP) is 1.57. The third kappa shape index (κ3) is 3.47. The predicted molar refractivity (Wildman–Crippen MR) is 62.3 cm³/mol. The average Bonchev–Trinajstić information content (AvgIpc) is 3.17. The van der Waals surface area contributed by atoms with Gasteiger partial charge in [0.25, 0.3) is 0 Å². The summed E-state index contributed by atoms with van der Waals surface area (Å²) >= 11 is 0. The van der Waals surface area contributed by atoms with Crippen LogP contribution >= 0.6 is 0 Å². The molecule has 2 aliphatic rings. The minimum Gasteiger partial charge on any atom is -0.383 e. The van der Waals surface area contributed by atoms with Crippen molar-refractivity contribution in [2.75, 3.05) is 32.2 Å². The lowest BCUT2D eigenvalue weighted by atomic mass is 10.2. The number of nitrogens with two attached hydrogens (primary N) is 1. The van der Waals surface area contributed by atoms with Crippen molar-refractivity contribution in [1.82, 2.24) is 4.98 Å². The van der Waals surface area contributed by atoms with Crippen LogP contribution in [0, 0.1) is 0 Å². The summed E-state index contributed by atoms with van der Waals surface area (Å²) < 4.78 is 9.89. The standard InChI is InChI=1S/C8H10N2.C4H8O2/c9-8-7(6-3-4-6)2-1-5-10-8;1-2-6-4-3-5-1/h1-2,5-6H,3-4H2,(H2,9,10);1-4H2. The Morgan fingerprint density at radius 3 is 2.19 bits per heavy atom. The van der Waals surface area contributed by atoms with Gasteiger partial charge in [0.2, 0.25) is 0 Å². The Labute approximate surface area is 95.8 Å². The molecular formula is C12H18N2O2. The molecule has 1 saturated heterocycles. The van der Waals surface area contributed by atoms with Crippen LogP contribution in [0.4, 0.5) is 5.82 Å². The van der Waals surface area contributed by atoms with E-state index in [0.717, 1.165) is 26.4 Å². The number of ether oxygens (including phenoxy) is 2. The van der Waals surface area contributed by atoms with Crippen molar-refractivity contribution >= 4 is 5.82 Å². The molecule has 4 nitrogen and oxygen atoms in total. The molecule has 0 aromatic carbocycles. The van der Waals surface area contributed by atoms with Crippen LogP contribution in [0.15, 0.2) is 18.3 Å². The van der Waals surface area contributed by atoms with Gasteiger partial charge in [0, 0.05) is 6.20 Å². The minimum atomic E-state index is 0.713. The van der Waals surface area contributed by atoms with E-state index in [9.17, 15) is 0 Å². The SMILES string of the molecule is C1COCCO1.Nc1ncccc1C1CC1. The fraction of sp³-hybridized carbons (Fsp3) is 0.583. The summed E-state index contributed by atoms with van der Waals surface area (Å²) in [6.07, 6.45) is 4.31. The Hall–Kier alpha value is -1.13. The molecule has 0 unspecified atom stereocenters. The van der Waals surface area contributed by atoms with Crippen molar-refractivity contribution in [2.45, 2.75) is 18.8 Å². The van der Waals surface area contributed by atoms with Crippen molar-refractivity contribution in [1.29, 1.82) is 0 Å². The Kier molecular flexibility index (Phi) is 4.13. The number of pyridine rings is 1. The Balaban J connectivity index is 0.000000138. The van der Waals surface area contributed by atoms with E-state index in [1.54, 1.807) is 6.20 Å². The van der Waals surface area contributed by atoms with Crippen LogP contribution in [0.1, 0.15) is 24.3 Å². The van der Waals surface area contributed by atoms with Crippen LogP contribution in [0.5, 0.6) is 0 Å². The Morgan fingerprint density at radius 1 is 1.12 bits per heavy atom. The summed E-state index contributed by atoms with van der Waals surface area (Å²) in [6, 6.07) is 4.02. The normalized spacial score (nSPS) is 19.8. The topological polar surface area (TPSA) is 57.4 Å². The second-order valence-electron chi connectivity index (χ2n) is 3.98. The molecule has 3 rings (SSSR count). The van der Waals surface area contributed by atoms with Crippen LogP contribution in [0.3, 0.4) is 0 Å². The van der Waals surface area contributed by atoms with Crippen molar-refractivity contribution in [3.63, 3.8) is 0 Å². The lowest BCUT2D eigenvalue weighted by Crippen LogP contribution is -2.16. The molecule has 2 fully saturated rings. The molecule has 1 saturated carbocycles. The van der Waals surface area contributed by atoms with Gasteiger partial charge in [-0.2, -0.15) is 0 Å². The van der Waals surface area contributed by atoms with Crippen LogP contribution < -0.4 is 5.73 Å². The number of rotatable bonds is 1. The lowest BCUT2D eigenvalue weighted by molar-refractivity contribution is -0.0334. The van der Waals surface area contributed by atoms with E-state index in [-0.39, 0.29) is 0 Å². The van der Waals surface area contributed by atoms with E-state index in [0.29, 0.717) is 11.7 Å². The van der Waals surface area contributed by atoms with Gasteiger partial charge in [-0.3, -0.25) is 0 Å². The smallest absolute Gasteiger partial charge is 0.126 e. The van der Waals surface area contributed by atoms with Crippen LogP contribution in [-0.4, -0.2) is 31.4 Å². The summed E-state index contributed by atoms with van der Waals surface area (Å²) in [5.74, 6) is 1.43. The molecule has 0 bridgehead atoms. The summed E-state index contributed by atoms with van der Waals surface area (Å²) in [4.78, 5) is 4.02. The number of hydrogen-bond donors (Lipinski definition) is 1. The fourth-order valence-electron chi connectivity index (χ4n) is 1.61. The maximum absolute atomic E-state index is 5.65. The largest absolute Gasteiger partial charge is 0.383 e. The van der Waals surface area contributed by atoms with Crippen molar-refractivity contribution in [3.05, 3.63) is 23.9 Å². The van der Waals surface area contributed by atoms with E-state index < -0.39 is 0 Å². The Morgan fingerprint density at radius 2 is 1.75 bits per heavy atom. The molecule has 1 aliphatic carbocycles. The quantitative estimate of drug-likeness (QED) is 0.783. The van der Waals surface area contributed by atoms with Gasteiger partial charge in [0.1, 0.15) is 5.82 Å². The molecular weight excluding hydrogens is 204 g/mol. The van der Waals surface area contributed by atoms with E-state index in [1.807, 2.05) is 6.07 Å². The number of nitrogens with zero attached hydrogens (tertiary/aromatic N) is 1. The van der Waals surface area contributed by atoms with E-state index in [2.05, 4.69) is 11.1 Å². The number of hydrogen-bond acceptors (Lipinski definition) is 4. The molecule has 1 aromatic rings. The first-order valence-corrected chi connectivity index (χ1v) is 5.74. The van der Waals surface area contributed by atoms with Crippen LogP contribution in [-0.2, 0) is 9.47 Å². The molecule has 4 heteroatoms. The molecule has 0 spiro atoms. The van der Waals surface area contributed by atoms with E-state index >= 15 is 0 Å². The lowest BCUT2D eigenvalue weighted by Gasteiger charge is -2.09. The highest BCUT2D eigenvalue weighted by atomic mass is 16.6. The zero-order chi connectivity index (χ0) is 11.2. The molecule has 0 amide bonds. The highest BCUT2D eigenvalue weighted by molar-refractivity contribution is 5.43. The maximum atomic E-state index is 5.65. The molecule has 0 atom stereocenters. The highest BCUT2D eigenvalue weighted by Crippen LogP contribution is 2.41. The van der Waals surface area contributed by atoms with E-state index in [4.69, 9.17) is 15.2 Å². The first-order chi connectivity index (χ1) is 7.88. The molecule has 0 radical (unpaired) electrons. The van der Waals surface area contributed by atoms with Gasteiger partial charge >= 0.3 is 0 Å². The first-order valence-electron chi connectivity index (χ1n) is 5.74. The molecule has 88 valence electrons. The second-order valence-corrected chi connectivity index (χ2v) is 3.98. The van der Waals surface area contributed by atoms with Gasteiger partial charge in [0.15, 0.2) is 0 Å². The van der Waals surface area contributed by atoms with Gasteiger partial charge in [-0.25, -0.2) is 4.98 Å². The summed E-state index contributed by atoms with van der Waals surface area (Å²) in [5.41, 5.74) is 6.89. The van der Waals surface area contributed by atoms with Crippen LogP contribution in [0.25, 0.3) is 0 Å². The first kappa shape index (κ1) is 11.4. The third-order valence-corrected chi connectivity index (χ3v) is 2.63. The van der Waals surface area contributed by atoms with Crippen molar-refractivity contribution < 1.29 is 9.47 Å². The average molecular weight is 222 g/mol. The van der Waals surface area contributed by atoms with Gasteiger partial charge in [-0.1, -0.05) is 6.07 Å². The van der Waals surface area contributed by atoms with Crippen LogP contribution in [0.2, 0.25) is 0 Å². The number of nitrogen functional groups attached to an aromatic ring is 1. The van der Waals surface area contributed by atoms with Gasteiger partial charge in [-0.15, -0.1) is 0 Å². The summed E-state index contributed by atoms with van der Waals surface area (Å²) in [6.45, 7) is 3.11. The maximum Gasteiger partial charge on any atom is 0.126 e. The summed E-state index contributed by atoms with van der Waals surface area (Å²) in [5, 5.41) is 0. The zero-order valence-corrected chi connectivity index (χ0v) is 9.39. The molecule has 1 aliphatic heterocycles. The fourth-order valence-corrected chi connectivity index (χ4v) is 1.61. The Bertz CT molecular complexity index is 311. The molecule has 2 N–H and O–H groups in total. The molecule has 1 aromatic heterocycles. The molecule has 16 heavy (non-hydrogen) atoms. The van der Waals surface area contributed by atoms with E-state index in [1.165, 1.54) is 18.4 Å². The van der Waals surface area contributed by atoms with Gasteiger partial charge < -0.3 is 15.2 Å².